The zero-order valence-electron chi connectivity index (χ0n) is 14.6. The number of anilines is 1. The first-order chi connectivity index (χ1) is 11.5. The van der Waals surface area contributed by atoms with Gasteiger partial charge in [0.1, 0.15) is 11.6 Å². The van der Waals surface area contributed by atoms with Gasteiger partial charge in [0.2, 0.25) is 0 Å². The number of hydrogen-bond acceptors (Lipinski definition) is 3. The van der Waals surface area contributed by atoms with Crippen molar-refractivity contribution in [1.82, 2.24) is 15.6 Å². The van der Waals surface area contributed by atoms with Gasteiger partial charge in [0.15, 0.2) is 5.96 Å². The molecular formula is C18H24FN5. The molecule has 0 aliphatic heterocycles. The molecule has 5 nitrogen and oxygen atoms in total. The third kappa shape index (κ3) is 4.94. The molecule has 1 heterocycles. The maximum absolute atomic E-state index is 13.6. The van der Waals surface area contributed by atoms with Gasteiger partial charge in [-0.3, -0.25) is 4.99 Å². The summed E-state index contributed by atoms with van der Waals surface area (Å²) in [6.45, 7) is 2.89. The van der Waals surface area contributed by atoms with Crippen LogP contribution < -0.4 is 15.5 Å². The number of pyridine rings is 1. The Bertz CT molecular complexity index is 712. The van der Waals surface area contributed by atoms with Gasteiger partial charge in [0.25, 0.3) is 0 Å². The normalized spacial score (nSPS) is 11.3. The SMILES string of the molecule is CN=C(NCc1ccnc(N(C)C)c1)NCc1ccc(C)c(F)c1. The van der Waals surface area contributed by atoms with Gasteiger partial charge in [0, 0.05) is 40.4 Å². The first-order valence-corrected chi connectivity index (χ1v) is 7.81. The number of nitrogens with zero attached hydrogens (tertiary/aromatic N) is 3. The van der Waals surface area contributed by atoms with Gasteiger partial charge in [-0.05, 0) is 41.8 Å². The van der Waals surface area contributed by atoms with Crippen molar-refractivity contribution in [2.45, 2.75) is 20.0 Å². The number of aliphatic imine (C=N–C) groups is 1. The number of rotatable bonds is 5. The molecule has 0 fully saturated rings. The van der Waals surface area contributed by atoms with E-state index in [0.717, 1.165) is 16.9 Å². The molecular weight excluding hydrogens is 305 g/mol. The van der Waals surface area contributed by atoms with Gasteiger partial charge < -0.3 is 15.5 Å². The fraction of sp³-hybridized carbons (Fsp3) is 0.333. The molecule has 0 atom stereocenters. The van der Waals surface area contributed by atoms with E-state index in [0.29, 0.717) is 24.6 Å². The molecule has 0 saturated heterocycles. The Morgan fingerprint density at radius 3 is 2.38 bits per heavy atom. The number of halogens is 1. The highest BCUT2D eigenvalue weighted by Crippen LogP contribution is 2.10. The zero-order valence-corrected chi connectivity index (χ0v) is 14.6. The summed E-state index contributed by atoms with van der Waals surface area (Å²) in [4.78, 5) is 10.4. The molecule has 2 N–H and O–H groups in total. The standard InChI is InChI=1S/C18H24FN5/c1-13-5-6-14(9-16(13)19)11-22-18(20-2)23-12-15-7-8-21-17(10-15)24(3)4/h5-10H,11-12H2,1-4H3,(H2,20,22,23). The predicted octanol–water partition coefficient (Wildman–Crippen LogP) is 2.46. The third-order valence-corrected chi connectivity index (χ3v) is 3.65. The van der Waals surface area contributed by atoms with Crippen molar-refractivity contribution < 1.29 is 4.39 Å². The number of aryl methyl sites for hydroxylation is 1. The topological polar surface area (TPSA) is 52.6 Å². The molecule has 128 valence electrons. The maximum Gasteiger partial charge on any atom is 0.191 e. The van der Waals surface area contributed by atoms with Gasteiger partial charge in [-0.2, -0.15) is 0 Å². The lowest BCUT2D eigenvalue weighted by molar-refractivity contribution is 0.615. The Kier molecular flexibility index (Phi) is 6.12. The quantitative estimate of drug-likeness (QED) is 0.654. The number of guanidine groups is 1. The molecule has 24 heavy (non-hydrogen) atoms. The molecule has 6 heteroatoms. The Hall–Kier alpha value is -2.63. The average molecular weight is 329 g/mol. The van der Waals surface area contributed by atoms with Crippen LogP contribution >= 0.6 is 0 Å². The summed E-state index contributed by atoms with van der Waals surface area (Å²) < 4.78 is 13.6. The van der Waals surface area contributed by atoms with E-state index in [-0.39, 0.29) is 5.82 Å². The van der Waals surface area contributed by atoms with Gasteiger partial charge in [-0.1, -0.05) is 12.1 Å². The lowest BCUT2D eigenvalue weighted by Crippen LogP contribution is -2.36. The van der Waals surface area contributed by atoms with Crippen LogP contribution in [0.3, 0.4) is 0 Å². The molecule has 0 aliphatic rings. The van der Waals surface area contributed by atoms with Crippen molar-refractivity contribution in [2.75, 3.05) is 26.0 Å². The van der Waals surface area contributed by atoms with Crippen molar-refractivity contribution in [3.8, 4) is 0 Å². The minimum Gasteiger partial charge on any atom is -0.363 e. The van der Waals surface area contributed by atoms with E-state index < -0.39 is 0 Å². The Morgan fingerprint density at radius 2 is 1.79 bits per heavy atom. The largest absolute Gasteiger partial charge is 0.363 e. The van der Waals surface area contributed by atoms with E-state index in [1.165, 1.54) is 0 Å². The van der Waals surface area contributed by atoms with Gasteiger partial charge in [-0.15, -0.1) is 0 Å². The summed E-state index contributed by atoms with van der Waals surface area (Å²) in [5.74, 6) is 1.39. The molecule has 2 rings (SSSR count). The van der Waals surface area contributed by atoms with E-state index in [9.17, 15) is 4.39 Å². The van der Waals surface area contributed by atoms with Crippen molar-refractivity contribution in [3.05, 3.63) is 59.0 Å². The monoisotopic (exact) mass is 329 g/mol. The summed E-state index contributed by atoms with van der Waals surface area (Å²) in [5.41, 5.74) is 2.63. The first-order valence-electron chi connectivity index (χ1n) is 7.81. The summed E-state index contributed by atoms with van der Waals surface area (Å²) >= 11 is 0. The van der Waals surface area contributed by atoms with Gasteiger partial charge >= 0.3 is 0 Å². The average Bonchev–Trinajstić information content (AvgIpc) is 2.58. The van der Waals surface area contributed by atoms with Crippen molar-refractivity contribution in [2.24, 2.45) is 4.99 Å². The molecule has 0 saturated carbocycles. The van der Waals surface area contributed by atoms with E-state index in [4.69, 9.17) is 0 Å². The third-order valence-electron chi connectivity index (χ3n) is 3.65. The Balaban J connectivity index is 1.90. The van der Waals surface area contributed by atoms with E-state index in [1.54, 1.807) is 32.3 Å². The summed E-state index contributed by atoms with van der Waals surface area (Å²) in [6.07, 6.45) is 1.79. The van der Waals surface area contributed by atoms with E-state index >= 15 is 0 Å². The van der Waals surface area contributed by atoms with Crippen LogP contribution in [0.15, 0.2) is 41.5 Å². The number of aromatic nitrogens is 1. The molecule has 2 aromatic rings. The van der Waals surface area contributed by atoms with Crippen molar-refractivity contribution in [3.63, 3.8) is 0 Å². The van der Waals surface area contributed by atoms with Crippen LogP contribution in [-0.2, 0) is 13.1 Å². The highest BCUT2D eigenvalue weighted by Gasteiger charge is 2.03. The summed E-state index contributed by atoms with van der Waals surface area (Å²) in [7, 11) is 5.63. The summed E-state index contributed by atoms with van der Waals surface area (Å²) in [6, 6.07) is 9.22. The number of benzene rings is 1. The second-order valence-corrected chi connectivity index (χ2v) is 5.78. The number of nitrogens with one attached hydrogen (secondary N) is 2. The molecule has 0 radical (unpaired) electrons. The lowest BCUT2D eigenvalue weighted by Gasteiger charge is -2.14. The number of hydrogen-bond donors (Lipinski definition) is 2. The van der Waals surface area contributed by atoms with E-state index in [1.807, 2.05) is 37.2 Å². The van der Waals surface area contributed by atoms with Crippen LogP contribution in [0, 0.1) is 12.7 Å². The molecule has 1 aromatic carbocycles. The van der Waals surface area contributed by atoms with Gasteiger partial charge in [0.05, 0.1) is 0 Å². The maximum atomic E-state index is 13.6. The summed E-state index contributed by atoms with van der Waals surface area (Å²) in [5, 5.41) is 6.43. The van der Waals surface area contributed by atoms with Gasteiger partial charge in [-0.25, -0.2) is 9.37 Å². The minimum atomic E-state index is -0.190. The fourth-order valence-corrected chi connectivity index (χ4v) is 2.15. The van der Waals surface area contributed by atoms with Crippen LogP contribution in [-0.4, -0.2) is 32.1 Å². The van der Waals surface area contributed by atoms with Crippen LogP contribution in [0.4, 0.5) is 10.2 Å². The Morgan fingerprint density at radius 1 is 1.12 bits per heavy atom. The fourth-order valence-electron chi connectivity index (χ4n) is 2.15. The molecule has 0 bridgehead atoms. The minimum absolute atomic E-state index is 0.190. The second-order valence-electron chi connectivity index (χ2n) is 5.78. The molecule has 0 amide bonds. The van der Waals surface area contributed by atoms with Crippen LogP contribution in [0.1, 0.15) is 16.7 Å². The Labute approximate surface area is 142 Å². The lowest BCUT2D eigenvalue weighted by atomic mass is 10.1. The van der Waals surface area contributed by atoms with Crippen molar-refractivity contribution >= 4 is 11.8 Å². The first kappa shape index (κ1) is 17.7. The van der Waals surface area contributed by atoms with Crippen LogP contribution in [0.25, 0.3) is 0 Å². The smallest absolute Gasteiger partial charge is 0.191 e. The highest BCUT2D eigenvalue weighted by atomic mass is 19.1. The highest BCUT2D eigenvalue weighted by molar-refractivity contribution is 5.79. The molecule has 1 aromatic heterocycles. The molecule has 0 spiro atoms. The van der Waals surface area contributed by atoms with Crippen LogP contribution in [0.5, 0.6) is 0 Å². The van der Waals surface area contributed by atoms with E-state index in [2.05, 4.69) is 20.6 Å². The van der Waals surface area contributed by atoms with Crippen LogP contribution in [0.2, 0.25) is 0 Å². The molecule has 0 unspecified atom stereocenters. The predicted molar refractivity (Wildman–Crippen MR) is 96.7 cm³/mol. The van der Waals surface area contributed by atoms with Crippen molar-refractivity contribution in [1.29, 1.82) is 0 Å². The molecule has 0 aliphatic carbocycles. The zero-order chi connectivity index (χ0) is 17.5. The second kappa shape index (κ2) is 8.29.